The summed E-state index contributed by atoms with van der Waals surface area (Å²) in [6, 6.07) is 13.6. The van der Waals surface area contributed by atoms with Crippen molar-refractivity contribution in [1.82, 2.24) is 4.98 Å². The Kier molecular flexibility index (Phi) is 5.15. The van der Waals surface area contributed by atoms with E-state index >= 15 is 0 Å². The summed E-state index contributed by atoms with van der Waals surface area (Å²) < 4.78 is 50.7. The highest BCUT2D eigenvalue weighted by Gasteiger charge is 2.29. The second-order valence-electron chi connectivity index (χ2n) is 6.49. The number of anilines is 1. The van der Waals surface area contributed by atoms with Gasteiger partial charge in [-0.25, -0.2) is 12.8 Å². The number of hydrogen-bond donors (Lipinski definition) is 1. The first-order valence-corrected chi connectivity index (χ1v) is 10.4. The van der Waals surface area contributed by atoms with Crippen LogP contribution in [-0.2, 0) is 14.6 Å². The van der Waals surface area contributed by atoms with Crippen molar-refractivity contribution in [1.29, 1.82) is 0 Å². The number of benzene rings is 2. The van der Waals surface area contributed by atoms with E-state index in [-0.39, 0.29) is 27.8 Å². The van der Waals surface area contributed by atoms with Crippen LogP contribution in [0.25, 0.3) is 11.5 Å². The van der Waals surface area contributed by atoms with E-state index in [1.165, 1.54) is 36.4 Å². The molecule has 1 aromatic heterocycles. The van der Waals surface area contributed by atoms with E-state index in [2.05, 4.69) is 10.3 Å². The largest absolute Gasteiger partial charge is 0.419 e. The second kappa shape index (κ2) is 7.73. The molecule has 28 heavy (non-hydrogen) atoms. The van der Waals surface area contributed by atoms with Gasteiger partial charge in [-0.15, -0.1) is 0 Å². The SMILES string of the molecule is O=S(=O)(c1ccccc1)c1nc(-c2ccc(F)cc2)oc1NC[C@@H]1CCCO1. The van der Waals surface area contributed by atoms with Gasteiger partial charge in [0.15, 0.2) is 0 Å². The zero-order valence-corrected chi connectivity index (χ0v) is 15.8. The minimum atomic E-state index is -3.89. The van der Waals surface area contributed by atoms with Crippen LogP contribution in [0.3, 0.4) is 0 Å². The Morgan fingerprint density at radius 2 is 1.86 bits per heavy atom. The lowest BCUT2D eigenvalue weighted by atomic mass is 10.2. The Morgan fingerprint density at radius 1 is 1.11 bits per heavy atom. The van der Waals surface area contributed by atoms with Crippen molar-refractivity contribution < 1.29 is 22.0 Å². The summed E-state index contributed by atoms with van der Waals surface area (Å²) in [5.41, 5.74) is 0.482. The van der Waals surface area contributed by atoms with Gasteiger partial charge in [-0.05, 0) is 49.2 Å². The Morgan fingerprint density at radius 3 is 2.54 bits per heavy atom. The third kappa shape index (κ3) is 3.79. The molecule has 1 fully saturated rings. The Balaban J connectivity index is 1.72. The van der Waals surface area contributed by atoms with E-state index in [4.69, 9.17) is 9.15 Å². The molecule has 0 unspecified atom stereocenters. The quantitative estimate of drug-likeness (QED) is 0.673. The number of halogens is 1. The van der Waals surface area contributed by atoms with Crippen LogP contribution >= 0.6 is 0 Å². The van der Waals surface area contributed by atoms with E-state index in [0.29, 0.717) is 18.7 Å². The first kappa shape index (κ1) is 18.6. The van der Waals surface area contributed by atoms with Gasteiger partial charge in [0.05, 0.1) is 11.0 Å². The number of rotatable bonds is 6. The maximum absolute atomic E-state index is 13.2. The van der Waals surface area contributed by atoms with Crippen LogP contribution in [0.4, 0.5) is 10.3 Å². The first-order chi connectivity index (χ1) is 13.5. The van der Waals surface area contributed by atoms with Gasteiger partial charge >= 0.3 is 0 Å². The summed E-state index contributed by atoms with van der Waals surface area (Å²) in [5, 5.41) is 2.83. The summed E-state index contributed by atoms with van der Waals surface area (Å²) in [7, 11) is -3.89. The number of nitrogens with zero attached hydrogens (tertiary/aromatic N) is 1. The molecule has 1 aliphatic heterocycles. The molecule has 0 radical (unpaired) electrons. The van der Waals surface area contributed by atoms with Crippen LogP contribution in [0, 0.1) is 5.82 Å². The number of nitrogens with one attached hydrogen (secondary N) is 1. The molecule has 1 aliphatic rings. The molecule has 1 N–H and O–H groups in total. The summed E-state index contributed by atoms with van der Waals surface area (Å²) in [4.78, 5) is 4.34. The minimum Gasteiger partial charge on any atom is -0.419 e. The number of oxazole rings is 1. The van der Waals surface area contributed by atoms with Gasteiger partial charge < -0.3 is 14.5 Å². The predicted molar refractivity (Wildman–Crippen MR) is 101 cm³/mol. The van der Waals surface area contributed by atoms with Crippen molar-refractivity contribution in [2.24, 2.45) is 0 Å². The van der Waals surface area contributed by atoms with Gasteiger partial charge in [0.25, 0.3) is 0 Å². The molecule has 0 spiro atoms. The van der Waals surface area contributed by atoms with Gasteiger partial charge in [-0.1, -0.05) is 18.2 Å². The summed E-state index contributed by atoms with van der Waals surface area (Å²) in [6.07, 6.45) is 1.86. The maximum atomic E-state index is 13.2. The molecule has 146 valence electrons. The molecule has 2 heterocycles. The van der Waals surface area contributed by atoms with Crippen LogP contribution in [0.2, 0.25) is 0 Å². The zero-order chi connectivity index (χ0) is 19.6. The number of aromatic nitrogens is 1. The molecule has 0 aliphatic carbocycles. The van der Waals surface area contributed by atoms with Crippen molar-refractivity contribution >= 4 is 15.7 Å². The Hall–Kier alpha value is -2.71. The number of ether oxygens (including phenoxy) is 1. The van der Waals surface area contributed by atoms with Crippen molar-refractivity contribution in [3.05, 3.63) is 60.4 Å². The maximum Gasteiger partial charge on any atom is 0.233 e. The molecule has 0 amide bonds. The molecule has 2 aromatic carbocycles. The fraction of sp³-hybridized carbons (Fsp3) is 0.250. The smallest absolute Gasteiger partial charge is 0.233 e. The van der Waals surface area contributed by atoms with E-state index in [1.54, 1.807) is 18.2 Å². The van der Waals surface area contributed by atoms with Gasteiger partial charge in [0, 0.05) is 18.7 Å². The molecule has 8 heteroatoms. The molecule has 1 atom stereocenters. The Labute approximate surface area is 162 Å². The summed E-state index contributed by atoms with van der Waals surface area (Å²) in [5.74, 6) is -0.243. The van der Waals surface area contributed by atoms with Gasteiger partial charge in [0.1, 0.15) is 5.82 Å². The lowest BCUT2D eigenvalue weighted by molar-refractivity contribution is 0.120. The van der Waals surface area contributed by atoms with Crippen LogP contribution in [0.1, 0.15) is 12.8 Å². The molecule has 4 rings (SSSR count). The summed E-state index contributed by atoms with van der Waals surface area (Å²) >= 11 is 0. The average molecular weight is 402 g/mol. The highest BCUT2D eigenvalue weighted by atomic mass is 32.2. The monoisotopic (exact) mass is 402 g/mol. The molecule has 0 saturated carbocycles. The standard InChI is InChI=1S/C20H19FN2O4S/c21-15-10-8-14(9-11-15)18-23-20(28(24,25)17-6-2-1-3-7-17)19(27-18)22-13-16-5-4-12-26-16/h1-3,6-11,16,22H,4-5,12-13H2/t16-/m0/s1. The van der Waals surface area contributed by atoms with Gasteiger partial charge in [-0.2, -0.15) is 4.98 Å². The van der Waals surface area contributed by atoms with E-state index in [0.717, 1.165) is 12.8 Å². The minimum absolute atomic E-state index is 0.00773. The van der Waals surface area contributed by atoms with Gasteiger partial charge in [0.2, 0.25) is 26.6 Å². The topological polar surface area (TPSA) is 81.4 Å². The lowest BCUT2D eigenvalue weighted by Gasteiger charge is -2.10. The van der Waals surface area contributed by atoms with E-state index in [9.17, 15) is 12.8 Å². The van der Waals surface area contributed by atoms with E-state index < -0.39 is 15.7 Å². The van der Waals surface area contributed by atoms with Crippen molar-refractivity contribution in [2.45, 2.75) is 28.9 Å². The Bertz CT molecular complexity index is 1040. The van der Waals surface area contributed by atoms with Crippen LogP contribution in [0.5, 0.6) is 0 Å². The third-order valence-electron chi connectivity index (χ3n) is 4.51. The molecule has 0 bridgehead atoms. The van der Waals surface area contributed by atoms with Crippen LogP contribution in [-0.4, -0.2) is 32.7 Å². The molecule has 3 aromatic rings. The first-order valence-electron chi connectivity index (χ1n) is 8.96. The van der Waals surface area contributed by atoms with Crippen LogP contribution < -0.4 is 5.32 Å². The average Bonchev–Trinajstić information content (AvgIpc) is 3.38. The number of sulfone groups is 1. The number of hydrogen-bond acceptors (Lipinski definition) is 6. The fourth-order valence-corrected chi connectivity index (χ4v) is 4.34. The third-order valence-corrected chi connectivity index (χ3v) is 6.19. The molecular formula is C20H19FN2O4S. The lowest BCUT2D eigenvalue weighted by Crippen LogP contribution is -2.19. The second-order valence-corrected chi connectivity index (χ2v) is 8.36. The van der Waals surface area contributed by atoms with Crippen molar-refractivity contribution in [3.8, 4) is 11.5 Å². The van der Waals surface area contributed by atoms with Crippen LogP contribution in [0.15, 0.2) is 68.9 Å². The summed E-state index contributed by atoms with van der Waals surface area (Å²) in [6.45, 7) is 1.11. The highest BCUT2D eigenvalue weighted by molar-refractivity contribution is 7.91. The molecule has 1 saturated heterocycles. The van der Waals surface area contributed by atoms with E-state index in [1.807, 2.05) is 0 Å². The predicted octanol–water partition coefficient (Wildman–Crippen LogP) is 3.90. The van der Waals surface area contributed by atoms with Crippen molar-refractivity contribution in [3.63, 3.8) is 0 Å². The fourth-order valence-electron chi connectivity index (χ4n) is 3.04. The molecule has 6 nitrogen and oxygen atoms in total. The van der Waals surface area contributed by atoms with Crippen molar-refractivity contribution in [2.75, 3.05) is 18.5 Å². The normalized spacial score (nSPS) is 17.0. The zero-order valence-electron chi connectivity index (χ0n) is 15.0. The highest BCUT2D eigenvalue weighted by Crippen LogP contribution is 2.32. The van der Waals surface area contributed by atoms with Gasteiger partial charge in [-0.3, -0.25) is 0 Å². The molecular weight excluding hydrogens is 383 g/mol.